The van der Waals surface area contributed by atoms with E-state index in [4.69, 9.17) is 49.4 Å². The van der Waals surface area contributed by atoms with Crippen molar-refractivity contribution in [3.8, 4) is 11.5 Å². The summed E-state index contributed by atoms with van der Waals surface area (Å²) in [7, 11) is 0. The molecule has 0 aliphatic carbocycles. The molecule has 164 valence electrons. The highest BCUT2D eigenvalue weighted by Gasteiger charge is 2.26. The Labute approximate surface area is 191 Å². The molecule has 2 rings (SSSR count). The first-order chi connectivity index (χ1) is 14.2. The second-order valence-electron chi connectivity index (χ2n) is 7.43. The summed E-state index contributed by atoms with van der Waals surface area (Å²) >= 11 is 18.5. The van der Waals surface area contributed by atoms with Crippen LogP contribution in [-0.2, 0) is 10.2 Å². The van der Waals surface area contributed by atoms with Gasteiger partial charge in [0.15, 0.2) is 5.75 Å². The third-order valence-corrected chi connectivity index (χ3v) is 5.74. The van der Waals surface area contributed by atoms with Gasteiger partial charge in [-0.2, -0.15) is 0 Å². The minimum absolute atomic E-state index is 0.0145. The van der Waals surface area contributed by atoms with Crippen molar-refractivity contribution in [2.45, 2.75) is 25.4 Å². The highest BCUT2D eigenvalue weighted by atomic mass is 35.5. The number of aldehydes is 1. The van der Waals surface area contributed by atoms with E-state index in [0.29, 0.717) is 21.5 Å². The molecule has 0 fully saturated rings. The molecule has 0 spiro atoms. The number of hydrogen-bond acceptors (Lipinski definition) is 5. The number of carbonyl (C=O) groups is 1. The standard InChI is InChI=1S/C22H25Cl3O5/c1-22(2,15-3-5-18(6-4-15)29-13-17(28)11-27)16-7-19(24)21(20(25)8-16)30-12-14(9-23)10-26/h3-8,10,14,17,27-28H,9,11-13H2,1-2H3/t14-,17+/m1/s1. The van der Waals surface area contributed by atoms with Crippen molar-refractivity contribution in [3.63, 3.8) is 0 Å². The van der Waals surface area contributed by atoms with Crippen LogP contribution in [0.25, 0.3) is 0 Å². The Bertz CT molecular complexity index is 816. The molecule has 2 aromatic rings. The molecule has 0 heterocycles. The van der Waals surface area contributed by atoms with Crippen molar-refractivity contribution in [2.75, 3.05) is 25.7 Å². The van der Waals surface area contributed by atoms with Crippen LogP contribution in [0.1, 0.15) is 25.0 Å². The second-order valence-corrected chi connectivity index (χ2v) is 8.55. The monoisotopic (exact) mass is 474 g/mol. The van der Waals surface area contributed by atoms with E-state index < -0.39 is 17.4 Å². The van der Waals surface area contributed by atoms with E-state index in [2.05, 4.69) is 0 Å². The lowest BCUT2D eigenvalue weighted by atomic mass is 9.78. The number of hydrogen-bond donors (Lipinski definition) is 2. The molecule has 0 aliphatic heterocycles. The lowest BCUT2D eigenvalue weighted by molar-refractivity contribution is -0.111. The quantitative estimate of drug-likeness (QED) is 0.370. The normalized spacial score (nSPS) is 13.6. The molecule has 0 aliphatic rings. The van der Waals surface area contributed by atoms with Crippen molar-refractivity contribution in [1.29, 1.82) is 0 Å². The van der Waals surface area contributed by atoms with Gasteiger partial charge in [0.2, 0.25) is 0 Å². The van der Waals surface area contributed by atoms with Crippen LogP contribution in [0.5, 0.6) is 11.5 Å². The lowest BCUT2D eigenvalue weighted by Crippen LogP contribution is -2.21. The summed E-state index contributed by atoms with van der Waals surface area (Å²) in [6.45, 7) is 3.84. The van der Waals surface area contributed by atoms with E-state index in [9.17, 15) is 9.90 Å². The van der Waals surface area contributed by atoms with Gasteiger partial charge in [0.05, 0.1) is 29.2 Å². The largest absolute Gasteiger partial charge is 0.491 e. The molecule has 2 aromatic carbocycles. The van der Waals surface area contributed by atoms with Gasteiger partial charge in [-0.05, 0) is 35.4 Å². The molecule has 0 aromatic heterocycles. The average Bonchev–Trinajstić information content (AvgIpc) is 2.74. The molecule has 30 heavy (non-hydrogen) atoms. The first kappa shape index (κ1) is 24.8. The number of carbonyl (C=O) groups excluding carboxylic acids is 1. The molecule has 0 bridgehead atoms. The number of aliphatic hydroxyl groups excluding tert-OH is 2. The minimum Gasteiger partial charge on any atom is -0.491 e. The van der Waals surface area contributed by atoms with E-state index in [1.54, 1.807) is 24.3 Å². The average molecular weight is 476 g/mol. The van der Waals surface area contributed by atoms with Crippen LogP contribution in [0, 0.1) is 5.92 Å². The van der Waals surface area contributed by atoms with Crippen molar-refractivity contribution >= 4 is 41.1 Å². The molecule has 5 nitrogen and oxygen atoms in total. The number of aliphatic hydroxyl groups is 2. The number of benzene rings is 2. The van der Waals surface area contributed by atoms with Gasteiger partial charge in [-0.15, -0.1) is 11.6 Å². The Morgan fingerprint density at radius 2 is 1.63 bits per heavy atom. The molecule has 0 saturated heterocycles. The Hall–Kier alpha value is -1.50. The Morgan fingerprint density at radius 3 is 2.13 bits per heavy atom. The van der Waals surface area contributed by atoms with Crippen molar-refractivity contribution in [2.24, 2.45) is 5.92 Å². The van der Waals surface area contributed by atoms with Gasteiger partial charge in [0, 0.05) is 11.3 Å². The predicted octanol–water partition coefficient (Wildman–Crippen LogP) is 4.48. The van der Waals surface area contributed by atoms with Gasteiger partial charge in [0.1, 0.15) is 24.7 Å². The minimum atomic E-state index is -0.919. The highest BCUT2D eigenvalue weighted by Crippen LogP contribution is 2.40. The number of halogens is 3. The van der Waals surface area contributed by atoms with Gasteiger partial charge in [-0.25, -0.2) is 0 Å². The molecule has 0 amide bonds. The molecule has 0 radical (unpaired) electrons. The Kier molecular flexibility index (Phi) is 9.26. The number of rotatable bonds is 11. The van der Waals surface area contributed by atoms with Gasteiger partial charge < -0.3 is 24.5 Å². The summed E-state index contributed by atoms with van der Waals surface area (Å²) < 4.78 is 11.1. The third kappa shape index (κ3) is 6.25. The lowest BCUT2D eigenvalue weighted by Gasteiger charge is -2.27. The maximum absolute atomic E-state index is 10.9. The van der Waals surface area contributed by atoms with Crippen molar-refractivity contribution in [1.82, 2.24) is 0 Å². The smallest absolute Gasteiger partial charge is 0.156 e. The fourth-order valence-corrected chi connectivity index (χ4v) is 3.51. The molecule has 2 atom stereocenters. The molecule has 0 saturated carbocycles. The molecular formula is C22H25Cl3O5. The van der Waals surface area contributed by atoms with E-state index in [1.165, 1.54) is 0 Å². The number of alkyl halides is 1. The van der Waals surface area contributed by atoms with Crippen LogP contribution < -0.4 is 9.47 Å². The van der Waals surface area contributed by atoms with Crippen LogP contribution >= 0.6 is 34.8 Å². The Morgan fingerprint density at radius 1 is 1.03 bits per heavy atom. The third-order valence-electron chi connectivity index (χ3n) is 4.78. The summed E-state index contributed by atoms with van der Waals surface area (Å²) in [4.78, 5) is 10.9. The van der Waals surface area contributed by atoms with Crippen molar-refractivity contribution in [3.05, 3.63) is 57.6 Å². The number of ether oxygens (including phenoxy) is 2. The van der Waals surface area contributed by atoms with Crippen molar-refractivity contribution < 1.29 is 24.5 Å². The first-order valence-electron chi connectivity index (χ1n) is 9.38. The zero-order valence-electron chi connectivity index (χ0n) is 16.8. The molecular weight excluding hydrogens is 451 g/mol. The SMILES string of the molecule is CC(C)(c1ccc(OC[C@@H](O)CO)cc1)c1cc(Cl)c(OC[C@@H](C=O)CCl)c(Cl)c1. The highest BCUT2D eigenvalue weighted by molar-refractivity contribution is 6.37. The maximum atomic E-state index is 10.9. The van der Waals surface area contributed by atoms with E-state index in [1.807, 2.05) is 26.0 Å². The summed E-state index contributed by atoms with van der Waals surface area (Å²) in [6.07, 6.45) is -0.179. The second kappa shape index (κ2) is 11.2. The summed E-state index contributed by atoms with van der Waals surface area (Å²) in [5, 5.41) is 18.9. The molecule has 0 unspecified atom stereocenters. The maximum Gasteiger partial charge on any atom is 0.156 e. The van der Waals surface area contributed by atoms with Crippen LogP contribution in [0.2, 0.25) is 10.0 Å². The summed E-state index contributed by atoms with van der Waals surface area (Å²) in [5.41, 5.74) is 1.47. The predicted molar refractivity (Wildman–Crippen MR) is 119 cm³/mol. The van der Waals surface area contributed by atoms with E-state index in [-0.39, 0.29) is 25.7 Å². The summed E-state index contributed by atoms with van der Waals surface area (Å²) in [6, 6.07) is 11.0. The van der Waals surface area contributed by atoms with E-state index >= 15 is 0 Å². The van der Waals surface area contributed by atoms with E-state index in [0.717, 1.165) is 17.4 Å². The zero-order valence-corrected chi connectivity index (χ0v) is 19.0. The topological polar surface area (TPSA) is 76.0 Å². The van der Waals surface area contributed by atoms with Gasteiger partial charge in [-0.1, -0.05) is 49.2 Å². The van der Waals surface area contributed by atoms with Gasteiger partial charge >= 0.3 is 0 Å². The molecule has 8 heteroatoms. The Balaban J connectivity index is 2.20. The van der Waals surface area contributed by atoms with Crippen LogP contribution in [-0.4, -0.2) is 48.3 Å². The zero-order chi connectivity index (χ0) is 22.3. The first-order valence-corrected chi connectivity index (χ1v) is 10.7. The van der Waals surface area contributed by atoms with Crippen LogP contribution in [0.3, 0.4) is 0 Å². The fraction of sp³-hybridized carbons (Fsp3) is 0.409. The molecule has 2 N–H and O–H groups in total. The summed E-state index contributed by atoms with van der Waals surface area (Å²) in [5.74, 6) is 0.628. The van der Waals surface area contributed by atoms with Gasteiger partial charge in [-0.3, -0.25) is 0 Å². The van der Waals surface area contributed by atoms with Gasteiger partial charge in [0.25, 0.3) is 0 Å². The van der Waals surface area contributed by atoms with Crippen LogP contribution in [0.15, 0.2) is 36.4 Å². The fourth-order valence-electron chi connectivity index (χ4n) is 2.75. The van der Waals surface area contributed by atoms with Crippen LogP contribution in [0.4, 0.5) is 0 Å².